The summed E-state index contributed by atoms with van der Waals surface area (Å²) in [5.41, 5.74) is 0. The molecule has 0 aromatic carbocycles. The third-order valence-corrected chi connectivity index (χ3v) is 3.76. The summed E-state index contributed by atoms with van der Waals surface area (Å²) in [7, 11) is 0. The second-order valence-electron chi connectivity index (χ2n) is 4.14. The van der Waals surface area contributed by atoms with E-state index in [1.165, 1.54) is 11.3 Å². The molecule has 1 aliphatic rings. The second-order valence-corrected chi connectivity index (χ2v) is 5.04. The van der Waals surface area contributed by atoms with E-state index in [1.807, 2.05) is 0 Å². The molecule has 2 atom stereocenters. The van der Waals surface area contributed by atoms with Gasteiger partial charge in [0.15, 0.2) is 5.13 Å². The van der Waals surface area contributed by atoms with Gasteiger partial charge in [-0.3, -0.25) is 4.79 Å². The predicted octanol–water partition coefficient (Wildman–Crippen LogP) is 0.638. The number of nitrogens with one attached hydrogen (secondary N) is 1. The lowest BCUT2D eigenvalue weighted by molar-refractivity contribution is -0.313. The maximum atomic E-state index is 11.9. The number of hydrogen-bond acceptors (Lipinski definition) is 5. The maximum absolute atomic E-state index is 11.9. The van der Waals surface area contributed by atoms with Crippen LogP contribution >= 0.6 is 11.3 Å². The summed E-state index contributed by atoms with van der Waals surface area (Å²) in [6.07, 6.45) is 4.46. The van der Waals surface area contributed by atoms with E-state index >= 15 is 0 Å². The van der Waals surface area contributed by atoms with Crippen molar-refractivity contribution in [2.24, 2.45) is 11.8 Å². The Morgan fingerprint density at radius 2 is 2.06 bits per heavy atom. The monoisotopic (exact) mass is 253 g/mol. The summed E-state index contributed by atoms with van der Waals surface area (Å²) < 4.78 is 0. The Labute approximate surface area is 103 Å². The highest BCUT2D eigenvalue weighted by Crippen LogP contribution is 2.30. The average molecular weight is 253 g/mol. The molecular weight excluding hydrogens is 240 g/mol. The number of carbonyl (C=O) groups excluding carboxylic acids is 2. The minimum Gasteiger partial charge on any atom is -0.550 e. The fourth-order valence-electron chi connectivity index (χ4n) is 2.21. The van der Waals surface area contributed by atoms with Crippen molar-refractivity contribution < 1.29 is 14.7 Å². The van der Waals surface area contributed by atoms with E-state index in [0.29, 0.717) is 18.0 Å². The summed E-state index contributed by atoms with van der Waals surface area (Å²) in [6.45, 7) is 0. The molecule has 2 rings (SSSR count). The van der Waals surface area contributed by atoms with Gasteiger partial charge in [-0.2, -0.15) is 0 Å². The molecule has 1 aromatic rings. The summed E-state index contributed by atoms with van der Waals surface area (Å²) in [4.78, 5) is 26.9. The van der Waals surface area contributed by atoms with Gasteiger partial charge in [0.2, 0.25) is 5.91 Å². The molecule has 1 aliphatic carbocycles. The topological polar surface area (TPSA) is 82.1 Å². The molecule has 0 aliphatic heterocycles. The summed E-state index contributed by atoms with van der Waals surface area (Å²) in [6, 6.07) is 0. The third-order valence-electron chi connectivity index (χ3n) is 3.07. The van der Waals surface area contributed by atoms with Gasteiger partial charge in [-0.05, 0) is 12.8 Å². The molecule has 1 aromatic heterocycles. The van der Waals surface area contributed by atoms with Crippen LogP contribution in [0.5, 0.6) is 0 Å². The minimum atomic E-state index is -1.12. The van der Waals surface area contributed by atoms with Crippen molar-refractivity contribution in [3.8, 4) is 0 Å². The van der Waals surface area contributed by atoms with E-state index in [4.69, 9.17) is 0 Å². The van der Waals surface area contributed by atoms with Gasteiger partial charge < -0.3 is 15.2 Å². The number of amides is 1. The first-order chi connectivity index (χ1) is 8.18. The number of carboxylic acids is 1. The summed E-state index contributed by atoms with van der Waals surface area (Å²) in [5, 5.41) is 15.9. The van der Waals surface area contributed by atoms with Crippen LogP contribution in [-0.2, 0) is 9.59 Å². The zero-order valence-corrected chi connectivity index (χ0v) is 10.0. The van der Waals surface area contributed by atoms with E-state index in [9.17, 15) is 14.7 Å². The molecular formula is C11H13N2O3S-. The quantitative estimate of drug-likeness (QED) is 0.857. The van der Waals surface area contributed by atoms with Crippen molar-refractivity contribution >= 4 is 28.3 Å². The van der Waals surface area contributed by atoms with Crippen LogP contribution in [0.3, 0.4) is 0 Å². The van der Waals surface area contributed by atoms with E-state index in [2.05, 4.69) is 10.3 Å². The van der Waals surface area contributed by atoms with E-state index in [0.717, 1.165) is 12.8 Å². The molecule has 17 heavy (non-hydrogen) atoms. The van der Waals surface area contributed by atoms with Gasteiger partial charge in [-0.1, -0.05) is 12.8 Å². The number of carboxylic acid groups (broad SMARTS) is 1. The van der Waals surface area contributed by atoms with Gasteiger partial charge in [0.25, 0.3) is 0 Å². The lowest BCUT2D eigenvalue weighted by Gasteiger charge is -2.30. The number of anilines is 1. The highest BCUT2D eigenvalue weighted by Gasteiger charge is 2.31. The number of rotatable bonds is 3. The summed E-state index contributed by atoms with van der Waals surface area (Å²) in [5.74, 6) is -2.53. The van der Waals surface area contributed by atoms with Crippen molar-refractivity contribution in [3.63, 3.8) is 0 Å². The summed E-state index contributed by atoms with van der Waals surface area (Å²) >= 11 is 1.32. The number of thiazole rings is 1. The van der Waals surface area contributed by atoms with Crippen LogP contribution in [-0.4, -0.2) is 16.9 Å². The van der Waals surface area contributed by atoms with Gasteiger partial charge in [-0.15, -0.1) is 11.3 Å². The van der Waals surface area contributed by atoms with Gasteiger partial charge in [0.1, 0.15) is 0 Å². The lowest BCUT2D eigenvalue weighted by atomic mass is 9.79. The predicted molar refractivity (Wildman–Crippen MR) is 61.2 cm³/mol. The van der Waals surface area contributed by atoms with E-state index in [1.54, 1.807) is 11.6 Å². The lowest BCUT2D eigenvalue weighted by Crippen LogP contribution is -2.42. The molecule has 92 valence electrons. The molecule has 6 heteroatoms. The molecule has 1 N–H and O–H groups in total. The Morgan fingerprint density at radius 1 is 1.35 bits per heavy atom. The van der Waals surface area contributed by atoms with Crippen LogP contribution in [0.1, 0.15) is 25.7 Å². The van der Waals surface area contributed by atoms with Crippen LogP contribution in [0.15, 0.2) is 11.6 Å². The van der Waals surface area contributed by atoms with Crippen LogP contribution in [0.2, 0.25) is 0 Å². The smallest absolute Gasteiger partial charge is 0.229 e. The molecule has 1 fully saturated rings. The number of carbonyl (C=O) groups is 2. The largest absolute Gasteiger partial charge is 0.550 e. The highest BCUT2D eigenvalue weighted by atomic mass is 32.1. The van der Waals surface area contributed by atoms with Gasteiger partial charge in [-0.25, -0.2) is 4.98 Å². The Morgan fingerprint density at radius 3 is 2.65 bits per heavy atom. The normalized spacial score (nSPS) is 24.2. The third kappa shape index (κ3) is 2.82. The van der Waals surface area contributed by atoms with Gasteiger partial charge >= 0.3 is 0 Å². The van der Waals surface area contributed by atoms with E-state index < -0.39 is 17.8 Å². The number of aliphatic carboxylic acids is 1. The molecule has 0 bridgehead atoms. The number of aromatic nitrogens is 1. The van der Waals surface area contributed by atoms with Crippen LogP contribution < -0.4 is 10.4 Å². The Kier molecular flexibility index (Phi) is 3.73. The molecule has 0 saturated heterocycles. The molecule has 0 spiro atoms. The standard InChI is InChI=1S/C11H14N2O3S/c14-9(13-11-12-5-6-17-11)7-3-1-2-4-8(7)10(15)16/h5-8H,1-4H2,(H,15,16)(H,12,13,14)/p-1/t7-,8+/m1/s1. The average Bonchev–Trinajstić information content (AvgIpc) is 2.81. The first kappa shape index (κ1) is 12.0. The fourth-order valence-corrected chi connectivity index (χ4v) is 2.74. The van der Waals surface area contributed by atoms with Crippen molar-refractivity contribution in [1.29, 1.82) is 0 Å². The molecule has 1 saturated carbocycles. The first-order valence-electron chi connectivity index (χ1n) is 5.59. The number of nitrogens with zero attached hydrogens (tertiary/aromatic N) is 1. The Bertz CT molecular complexity index is 405. The first-order valence-corrected chi connectivity index (χ1v) is 6.47. The van der Waals surface area contributed by atoms with Crippen molar-refractivity contribution in [2.45, 2.75) is 25.7 Å². The Balaban J connectivity index is 2.03. The van der Waals surface area contributed by atoms with Crippen molar-refractivity contribution in [1.82, 2.24) is 4.98 Å². The number of hydrogen-bond donors (Lipinski definition) is 1. The highest BCUT2D eigenvalue weighted by molar-refractivity contribution is 7.13. The second kappa shape index (κ2) is 5.27. The molecule has 0 unspecified atom stereocenters. The maximum Gasteiger partial charge on any atom is 0.229 e. The zero-order valence-electron chi connectivity index (χ0n) is 9.22. The van der Waals surface area contributed by atoms with Crippen LogP contribution in [0.4, 0.5) is 5.13 Å². The molecule has 0 radical (unpaired) electrons. The molecule has 5 nitrogen and oxygen atoms in total. The van der Waals surface area contributed by atoms with Gasteiger partial charge in [0.05, 0.1) is 0 Å². The van der Waals surface area contributed by atoms with Crippen molar-refractivity contribution in [2.75, 3.05) is 5.32 Å². The molecule has 1 amide bonds. The van der Waals surface area contributed by atoms with Crippen LogP contribution in [0.25, 0.3) is 0 Å². The van der Waals surface area contributed by atoms with E-state index in [-0.39, 0.29) is 5.91 Å². The van der Waals surface area contributed by atoms with Gasteiger partial charge in [0, 0.05) is 29.4 Å². The fraction of sp³-hybridized carbons (Fsp3) is 0.545. The van der Waals surface area contributed by atoms with Crippen LogP contribution in [0, 0.1) is 11.8 Å². The zero-order chi connectivity index (χ0) is 12.3. The Hall–Kier alpha value is -1.43. The SMILES string of the molecule is O=C([O-])[C@H]1CCCC[C@H]1C(=O)Nc1nccs1. The molecule has 1 heterocycles. The van der Waals surface area contributed by atoms with Crippen molar-refractivity contribution in [3.05, 3.63) is 11.6 Å². The minimum absolute atomic E-state index is 0.256.